The number of rotatable bonds is 4. The van der Waals surface area contributed by atoms with E-state index in [2.05, 4.69) is 5.32 Å². The van der Waals surface area contributed by atoms with E-state index in [-0.39, 0.29) is 12.1 Å². The van der Waals surface area contributed by atoms with Gasteiger partial charge in [-0.05, 0) is 32.0 Å². The number of amides is 2. The Labute approximate surface area is 107 Å². The first-order valence-electron chi connectivity index (χ1n) is 5.84. The van der Waals surface area contributed by atoms with Crippen LogP contribution in [0, 0.1) is 11.3 Å². The molecule has 3 N–H and O–H groups in total. The fourth-order valence-electron chi connectivity index (χ4n) is 1.58. The minimum Gasteiger partial charge on any atom is -0.399 e. The summed E-state index contributed by atoms with van der Waals surface area (Å²) in [5, 5.41) is 11.4. The predicted octanol–water partition coefficient (Wildman–Crippen LogP) is 2.42. The number of nitriles is 1. The van der Waals surface area contributed by atoms with E-state index in [9.17, 15) is 4.79 Å². The monoisotopic (exact) mass is 246 g/mol. The standard InChI is InChI=1S/C13H18N4O/c1-10(2)17(8-4-7-14)13(18)16-12-6-3-5-11(15)9-12/h3,5-6,9-10H,4,8,15H2,1-2H3,(H,16,18). The lowest BCUT2D eigenvalue weighted by atomic mass is 10.2. The minimum atomic E-state index is -0.217. The smallest absolute Gasteiger partial charge is 0.322 e. The van der Waals surface area contributed by atoms with Gasteiger partial charge in [-0.1, -0.05) is 6.07 Å². The van der Waals surface area contributed by atoms with Crippen LogP contribution in [0.5, 0.6) is 0 Å². The van der Waals surface area contributed by atoms with Crippen LogP contribution in [0.2, 0.25) is 0 Å². The molecule has 0 saturated carbocycles. The van der Waals surface area contributed by atoms with E-state index < -0.39 is 0 Å². The molecule has 0 atom stereocenters. The summed E-state index contributed by atoms with van der Waals surface area (Å²) in [6.07, 6.45) is 0.322. The van der Waals surface area contributed by atoms with Gasteiger partial charge in [0.05, 0.1) is 12.5 Å². The van der Waals surface area contributed by atoms with E-state index in [1.807, 2.05) is 19.9 Å². The van der Waals surface area contributed by atoms with Crippen molar-refractivity contribution in [3.05, 3.63) is 24.3 Å². The fourth-order valence-corrected chi connectivity index (χ4v) is 1.58. The molecule has 0 aliphatic rings. The van der Waals surface area contributed by atoms with Crippen molar-refractivity contribution >= 4 is 17.4 Å². The van der Waals surface area contributed by atoms with E-state index in [0.29, 0.717) is 24.3 Å². The summed E-state index contributed by atoms with van der Waals surface area (Å²) in [6, 6.07) is 8.87. The highest BCUT2D eigenvalue weighted by molar-refractivity contribution is 5.90. The van der Waals surface area contributed by atoms with Gasteiger partial charge < -0.3 is 16.0 Å². The van der Waals surface area contributed by atoms with Crippen LogP contribution >= 0.6 is 0 Å². The van der Waals surface area contributed by atoms with Crippen molar-refractivity contribution < 1.29 is 4.79 Å². The van der Waals surface area contributed by atoms with Crippen molar-refractivity contribution in [2.24, 2.45) is 0 Å². The molecule has 1 aromatic rings. The van der Waals surface area contributed by atoms with Crippen LogP contribution in [0.15, 0.2) is 24.3 Å². The van der Waals surface area contributed by atoms with Gasteiger partial charge in [-0.3, -0.25) is 0 Å². The molecule has 0 aliphatic heterocycles. The van der Waals surface area contributed by atoms with Crippen molar-refractivity contribution in [2.45, 2.75) is 26.3 Å². The summed E-state index contributed by atoms with van der Waals surface area (Å²) in [5.74, 6) is 0. The predicted molar refractivity (Wildman–Crippen MR) is 71.9 cm³/mol. The molecule has 96 valence electrons. The van der Waals surface area contributed by atoms with Crippen LogP contribution in [0.3, 0.4) is 0 Å². The Bertz CT molecular complexity index is 451. The Balaban J connectivity index is 2.70. The third kappa shape index (κ3) is 3.98. The number of carbonyl (C=O) groups excluding carboxylic acids is 1. The van der Waals surface area contributed by atoms with Gasteiger partial charge in [0, 0.05) is 24.0 Å². The molecule has 0 heterocycles. The highest BCUT2D eigenvalue weighted by Gasteiger charge is 2.16. The van der Waals surface area contributed by atoms with Gasteiger partial charge in [-0.25, -0.2) is 4.79 Å². The highest BCUT2D eigenvalue weighted by Crippen LogP contribution is 2.13. The van der Waals surface area contributed by atoms with Gasteiger partial charge >= 0.3 is 6.03 Å². The average molecular weight is 246 g/mol. The van der Waals surface area contributed by atoms with Crippen LogP contribution in [-0.2, 0) is 0 Å². The summed E-state index contributed by atoms with van der Waals surface area (Å²) < 4.78 is 0. The number of hydrogen-bond acceptors (Lipinski definition) is 3. The molecule has 18 heavy (non-hydrogen) atoms. The maximum atomic E-state index is 12.0. The lowest BCUT2D eigenvalue weighted by Crippen LogP contribution is -2.40. The van der Waals surface area contributed by atoms with Crippen molar-refractivity contribution in [1.82, 2.24) is 4.90 Å². The maximum Gasteiger partial charge on any atom is 0.322 e. The Morgan fingerprint density at radius 3 is 2.83 bits per heavy atom. The van der Waals surface area contributed by atoms with Crippen molar-refractivity contribution in [2.75, 3.05) is 17.6 Å². The van der Waals surface area contributed by atoms with E-state index in [0.717, 1.165) is 0 Å². The molecule has 0 aromatic heterocycles. The largest absolute Gasteiger partial charge is 0.399 e. The van der Waals surface area contributed by atoms with Gasteiger partial charge in [-0.15, -0.1) is 0 Å². The van der Waals surface area contributed by atoms with Crippen LogP contribution in [-0.4, -0.2) is 23.5 Å². The minimum absolute atomic E-state index is 0.0411. The number of carbonyl (C=O) groups is 1. The normalized spacial score (nSPS) is 9.89. The topological polar surface area (TPSA) is 82.2 Å². The maximum absolute atomic E-state index is 12.0. The van der Waals surface area contributed by atoms with E-state index in [4.69, 9.17) is 11.0 Å². The van der Waals surface area contributed by atoms with Crippen LogP contribution in [0.1, 0.15) is 20.3 Å². The molecule has 0 saturated heterocycles. The zero-order chi connectivity index (χ0) is 13.5. The summed E-state index contributed by atoms with van der Waals surface area (Å²) in [5.41, 5.74) is 6.90. The van der Waals surface area contributed by atoms with Crippen LogP contribution in [0.25, 0.3) is 0 Å². The zero-order valence-corrected chi connectivity index (χ0v) is 10.7. The molecule has 1 aromatic carbocycles. The molecule has 5 nitrogen and oxygen atoms in total. The van der Waals surface area contributed by atoms with Crippen LogP contribution < -0.4 is 11.1 Å². The van der Waals surface area contributed by atoms with Gasteiger partial charge in [0.1, 0.15) is 0 Å². The van der Waals surface area contributed by atoms with E-state index in [1.54, 1.807) is 29.2 Å². The Kier molecular flexibility index (Phi) is 5.00. The van der Waals surface area contributed by atoms with Gasteiger partial charge in [0.15, 0.2) is 0 Å². The molecule has 0 radical (unpaired) electrons. The number of nitrogens with zero attached hydrogens (tertiary/aromatic N) is 2. The molecule has 0 bridgehead atoms. The lowest BCUT2D eigenvalue weighted by Gasteiger charge is -2.26. The first kappa shape index (κ1) is 13.8. The number of anilines is 2. The zero-order valence-electron chi connectivity index (χ0n) is 10.7. The number of urea groups is 1. The fraction of sp³-hybridized carbons (Fsp3) is 0.385. The second-order valence-electron chi connectivity index (χ2n) is 4.25. The third-order valence-electron chi connectivity index (χ3n) is 2.49. The van der Waals surface area contributed by atoms with Crippen molar-refractivity contribution in [1.29, 1.82) is 5.26 Å². The van der Waals surface area contributed by atoms with Crippen LogP contribution in [0.4, 0.5) is 16.2 Å². The summed E-state index contributed by atoms with van der Waals surface area (Å²) >= 11 is 0. The molecule has 0 aliphatic carbocycles. The van der Waals surface area contributed by atoms with Crippen molar-refractivity contribution in [3.8, 4) is 6.07 Å². The average Bonchev–Trinajstić information content (AvgIpc) is 2.29. The molecular weight excluding hydrogens is 228 g/mol. The highest BCUT2D eigenvalue weighted by atomic mass is 16.2. The second kappa shape index (κ2) is 6.50. The van der Waals surface area contributed by atoms with Gasteiger partial charge in [-0.2, -0.15) is 5.26 Å². The molecule has 0 unspecified atom stereocenters. The molecular formula is C13H18N4O. The summed E-state index contributed by atoms with van der Waals surface area (Å²) in [4.78, 5) is 13.7. The van der Waals surface area contributed by atoms with Crippen molar-refractivity contribution in [3.63, 3.8) is 0 Å². The quantitative estimate of drug-likeness (QED) is 0.800. The Morgan fingerprint density at radius 1 is 1.56 bits per heavy atom. The SMILES string of the molecule is CC(C)N(CCC#N)C(=O)Nc1cccc(N)c1. The number of nitrogens with two attached hydrogens (primary N) is 1. The first-order valence-corrected chi connectivity index (χ1v) is 5.84. The lowest BCUT2D eigenvalue weighted by molar-refractivity contribution is 0.198. The third-order valence-corrected chi connectivity index (χ3v) is 2.49. The number of nitrogen functional groups attached to an aromatic ring is 1. The molecule has 5 heteroatoms. The Morgan fingerprint density at radius 2 is 2.28 bits per heavy atom. The summed E-state index contributed by atoms with van der Waals surface area (Å²) in [6.45, 7) is 4.24. The van der Waals surface area contributed by atoms with E-state index >= 15 is 0 Å². The number of hydrogen-bond donors (Lipinski definition) is 2. The summed E-state index contributed by atoms with van der Waals surface area (Å²) in [7, 11) is 0. The molecule has 0 spiro atoms. The molecule has 0 fully saturated rings. The number of nitrogens with one attached hydrogen (secondary N) is 1. The Hall–Kier alpha value is -2.22. The van der Waals surface area contributed by atoms with Gasteiger partial charge in [0.25, 0.3) is 0 Å². The molecule has 2 amide bonds. The second-order valence-corrected chi connectivity index (χ2v) is 4.25. The molecule has 1 rings (SSSR count). The number of benzene rings is 1. The van der Waals surface area contributed by atoms with E-state index in [1.165, 1.54) is 0 Å². The first-order chi connectivity index (χ1) is 8.54. The van der Waals surface area contributed by atoms with Gasteiger partial charge in [0.2, 0.25) is 0 Å².